The maximum absolute atomic E-state index is 13.5. The molecule has 170 valence electrons. The van der Waals surface area contributed by atoms with E-state index in [0.29, 0.717) is 5.69 Å². The number of carbonyl (C=O) groups excluding carboxylic acids is 2. The minimum atomic E-state index is -1.05. The number of fused-ring (bicyclic) bond motifs is 1. The number of nitrogens with zero attached hydrogens (tertiary/aromatic N) is 3. The van der Waals surface area contributed by atoms with Gasteiger partial charge in [0, 0.05) is 17.1 Å². The molecule has 1 amide bonds. The van der Waals surface area contributed by atoms with Crippen molar-refractivity contribution in [2.24, 2.45) is 0 Å². The molecule has 3 aromatic carbocycles. The molecule has 0 fully saturated rings. The topological polar surface area (TPSA) is 133 Å². The van der Waals surface area contributed by atoms with Crippen LogP contribution >= 0.6 is 0 Å². The van der Waals surface area contributed by atoms with Gasteiger partial charge in [0.05, 0.1) is 16.0 Å². The fourth-order valence-corrected chi connectivity index (χ4v) is 3.21. The summed E-state index contributed by atoms with van der Waals surface area (Å²) >= 11 is 0. The minimum absolute atomic E-state index is 0.0460. The largest absolute Gasteiger partial charge is 0.451 e. The normalized spacial score (nSPS) is 10.6. The molecule has 0 aliphatic rings. The first-order chi connectivity index (χ1) is 16.3. The van der Waals surface area contributed by atoms with Gasteiger partial charge in [0.1, 0.15) is 0 Å². The number of halogens is 1. The molecule has 0 aliphatic heterocycles. The molecule has 1 aromatic heterocycles. The number of ether oxygens (including phenoxy) is 1. The van der Waals surface area contributed by atoms with Crippen molar-refractivity contribution in [2.45, 2.75) is 0 Å². The van der Waals surface area contributed by atoms with Crippen molar-refractivity contribution >= 4 is 34.0 Å². The van der Waals surface area contributed by atoms with E-state index >= 15 is 0 Å². The van der Waals surface area contributed by atoms with Gasteiger partial charge in [0.2, 0.25) is 5.82 Å². The molecule has 0 spiro atoms. The molecule has 0 saturated carbocycles. The van der Waals surface area contributed by atoms with Gasteiger partial charge < -0.3 is 10.1 Å². The van der Waals surface area contributed by atoms with E-state index in [9.17, 15) is 28.9 Å². The Morgan fingerprint density at radius 1 is 1.03 bits per heavy atom. The van der Waals surface area contributed by atoms with Crippen molar-refractivity contribution < 1.29 is 23.6 Å². The maximum Gasteiger partial charge on any atom is 0.359 e. The fourth-order valence-electron chi connectivity index (χ4n) is 3.21. The zero-order valence-electron chi connectivity index (χ0n) is 17.3. The summed E-state index contributed by atoms with van der Waals surface area (Å²) in [5.74, 6) is -2.82. The average molecular weight is 462 g/mol. The summed E-state index contributed by atoms with van der Waals surface area (Å²) in [5.41, 5.74) is -1.04. The predicted octanol–water partition coefficient (Wildman–Crippen LogP) is 3.23. The van der Waals surface area contributed by atoms with Gasteiger partial charge >= 0.3 is 11.7 Å². The van der Waals surface area contributed by atoms with Crippen molar-refractivity contribution in [3.05, 3.63) is 105 Å². The Labute approximate surface area is 190 Å². The van der Waals surface area contributed by atoms with Crippen molar-refractivity contribution in [3.63, 3.8) is 0 Å². The lowest BCUT2D eigenvalue weighted by molar-refractivity contribution is -0.387. The van der Waals surface area contributed by atoms with Crippen molar-refractivity contribution in [2.75, 3.05) is 11.9 Å². The number of aromatic nitrogens is 2. The molecule has 4 rings (SSSR count). The Bertz CT molecular complexity index is 1490. The van der Waals surface area contributed by atoms with Crippen molar-refractivity contribution in [1.82, 2.24) is 9.78 Å². The Morgan fingerprint density at radius 2 is 1.71 bits per heavy atom. The van der Waals surface area contributed by atoms with E-state index in [-0.39, 0.29) is 22.2 Å². The number of esters is 1. The van der Waals surface area contributed by atoms with Crippen LogP contribution in [-0.4, -0.2) is 33.2 Å². The molecule has 34 heavy (non-hydrogen) atoms. The summed E-state index contributed by atoms with van der Waals surface area (Å²) in [6, 6.07) is 17.6. The molecule has 0 saturated heterocycles. The summed E-state index contributed by atoms with van der Waals surface area (Å²) in [6.45, 7) is -0.746. The van der Waals surface area contributed by atoms with E-state index in [2.05, 4.69) is 10.4 Å². The molecule has 0 atom stereocenters. The van der Waals surface area contributed by atoms with E-state index < -0.39 is 40.5 Å². The molecule has 11 heteroatoms. The van der Waals surface area contributed by atoms with Gasteiger partial charge in [-0.3, -0.25) is 19.7 Å². The number of benzene rings is 3. The third kappa shape index (κ3) is 4.48. The summed E-state index contributed by atoms with van der Waals surface area (Å²) in [7, 11) is 0. The number of anilines is 1. The lowest BCUT2D eigenvalue weighted by Crippen LogP contribution is -2.26. The number of para-hydroxylation sites is 1. The zero-order chi connectivity index (χ0) is 24.2. The second kappa shape index (κ2) is 9.28. The lowest BCUT2D eigenvalue weighted by Gasteiger charge is -2.11. The number of hydrogen-bond donors (Lipinski definition) is 1. The van der Waals surface area contributed by atoms with Crippen LogP contribution in [0.25, 0.3) is 16.5 Å². The smallest absolute Gasteiger partial charge is 0.359 e. The van der Waals surface area contributed by atoms with E-state index in [0.717, 1.165) is 22.9 Å². The Balaban J connectivity index is 1.57. The van der Waals surface area contributed by atoms with E-state index in [4.69, 9.17) is 4.74 Å². The number of rotatable bonds is 6. The first-order valence-corrected chi connectivity index (χ1v) is 9.83. The summed E-state index contributed by atoms with van der Waals surface area (Å²) < 4.78 is 19.6. The number of nitrogens with one attached hydrogen (secondary N) is 1. The van der Waals surface area contributed by atoms with Crippen LogP contribution in [-0.2, 0) is 9.53 Å². The number of carbonyl (C=O) groups is 2. The van der Waals surface area contributed by atoms with Crippen LogP contribution in [0, 0.1) is 15.9 Å². The highest BCUT2D eigenvalue weighted by Gasteiger charge is 2.20. The second-order valence-electron chi connectivity index (χ2n) is 6.99. The molecular formula is C23H15FN4O6. The van der Waals surface area contributed by atoms with Gasteiger partial charge in [-0.25, -0.2) is 4.79 Å². The van der Waals surface area contributed by atoms with Gasteiger partial charge in [-0.05, 0) is 30.3 Å². The molecule has 1 heterocycles. The van der Waals surface area contributed by atoms with Gasteiger partial charge in [-0.15, -0.1) is 0 Å². The zero-order valence-corrected chi connectivity index (χ0v) is 17.3. The van der Waals surface area contributed by atoms with Crippen LogP contribution < -0.4 is 10.9 Å². The van der Waals surface area contributed by atoms with Crippen molar-refractivity contribution in [1.29, 1.82) is 0 Å². The molecule has 0 radical (unpaired) electrons. The van der Waals surface area contributed by atoms with E-state index in [1.165, 1.54) is 6.07 Å². The van der Waals surface area contributed by atoms with E-state index in [1.807, 2.05) is 0 Å². The molecule has 0 bridgehead atoms. The molecule has 1 N–H and O–H groups in total. The Hall–Kier alpha value is -4.93. The monoisotopic (exact) mass is 462 g/mol. The van der Waals surface area contributed by atoms with Crippen LogP contribution in [0.2, 0.25) is 0 Å². The van der Waals surface area contributed by atoms with Crippen LogP contribution in [0.5, 0.6) is 0 Å². The highest BCUT2D eigenvalue weighted by molar-refractivity contribution is 6.03. The minimum Gasteiger partial charge on any atom is -0.451 e. The number of nitro groups is 1. The Morgan fingerprint density at radius 3 is 2.41 bits per heavy atom. The standard InChI is InChI=1S/C23H15FN4O6/c24-18-11-10-14(12-19(18)28(32)33)25-20(29)13-34-23(31)21-16-8-4-5-9-17(16)22(30)27(26-21)15-6-2-1-3-7-15/h1-12H,13H2,(H,25,29). The van der Waals surface area contributed by atoms with Crippen LogP contribution in [0.4, 0.5) is 15.8 Å². The SMILES string of the molecule is O=C(COC(=O)c1nn(-c2ccccc2)c(=O)c2ccccc12)Nc1ccc(F)c([N+](=O)[O-])c1. The quantitative estimate of drug-likeness (QED) is 0.264. The van der Waals surface area contributed by atoms with Crippen molar-refractivity contribution in [3.8, 4) is 5.69 Å². The molecular weight excluding hydrogens is 447 g/mol. The molecule has 4 aromatic rings. The predicted molar refractivity (Wildman–Crippen MR) is 119 cm³/mol. The van der Waals surface area contributed by atoms with Gasteiger partial charge in [-0.1, -0.05) is 36.4 Å². The lowest BCUT2D eigenvalue weighted by atomic mass is 10.1. The maximum atomic E-state index is 13.5. The van der Waals surface area contributed by atoms with Crippen LogP contribution in [0.15, 0.2) is 77.6 Å². The molecule has 10 nitrogen and oxygen atoms in total. The highest BCUT2D eigenvalue weighted by Crippen LogP contribution is 2.21. The van der Waals surface area contributed by atoms with Gasteiger partial charge in [-0.2, -0.15) is 14.2 Å². The first kappa shape index (κ1) is 22.3. The van der Waals surface area contributed by atoms with E-state index in [1.54, 1.807) is 48.5 Å². The average Bonchev–Trinajstić information content (AvgIpc) is 2.84. The molecule has 0 aliphatic carbocycles. The van der Waals surface area contributed by atoms with Crippen LogP contribution in [0.3, 0.4) is 0 Å². The van der Waals surface area contributed by atoms with Crippen LogP contribution in [0.1, 0.15) is 10.5 Å². The fraction of sp³-hybridized carbons (Fsp3) is 0.0435. The Kier molecular flexibility index (Phi) is 6.08. The molecule has 0 unspecified atom stereocenters. The summed E-state index contributed by atoms with van der Waals surface area (Å²) in [6.07, 6.45) is 0. The summed E-state index contributed by atoms with van der Waals surface area (Å²) in [4.78, 5) is 47.8. The highest BCUT2D eigenvalue weighted by atomic mass is 19.1. The second-order valence-corrected chi connectivity index (χ2v) is 6.99. The van der Waals surface area contributed by atoms with Gasteiger partial charge in [0.15, 0.2) is 12.3 Å². The van der Waals surface area contributed by atoms with Gasteiger partial charge in [0.25, 0.3) is 11.5 Å². The number of hydrogen-bond acceptors (Lipinski definition) is 7. The summed E-state index contributed by atoms with van der Waals surface area (Å²) in [5, 5.41) is 17.8. The third-order valence-electron chi connectivity index (χ3n) is 4.76. The third-order valence-corrected chi connectivity index (χ3v) is 4.76. The first-order valence-electron chi connectivity index (χ1n) is 9.83. The number of nitro benzene ring substituents is 1. The number of amides is 1.